The normalized spacial score (nSPS) is 22.3. The summed E-state index contributed by atoms with van der Waals surface area (Å²) < 4.78 is 14.4. The number of hydrogen-bond acceptors (Lipinski definition) is 3. The lowest BCUT2D eigenvalue weighted by atomic mass is 9.92. The Morgan fingerprint density at radius 3 is 2.86 bits per heavy atom. The number of rotatable bonds is 5. The molecule has 2 rings (SSSR count). The largest absolute Gasteiger partial charge is 0.369 e. The van der Waals surface area contributed by atoms with E-state index in [0.717, 1.165) is 24.9 Å². The van der Waals surface area contributed by atoms with E-state index in [4.69, 9.17) is 5.73 Å². The number of piperidine rings is 1. The molecule has 1 aromatic carbocycles. The fourth-order valence-corrected chi connectivity index (χ4v) is 2.84. The second-order valence-electron chi connectivity index (χ2n) is 5.74. The number of carbonyl (C=O) groups is 1. The molecular weight excluding hydrogens is 269 g/mol. The maximum Gasteiger partial charge on any atom is 0.222 e. The summed E-state index contributed by atoms with van der Waals surface area (Å²) in [6.45, 7) is 6.09. The van der Waals surface area contributed by atoms with Gasteiger partial charge in [-0.05, 0) is 44.0 Å². The number of primary amides is 1. The molecule has 0 radical (unpaired) electrons. The van der Waals surface area contributed by atoms with E-state index >= 15 is 0 Å². The quantitative estimate of drug-likeness (QED) is 0.873. The zero-order valence-electron chi connectivity index (χ0n) is 12.7. The number of halogens is 1. The van der Waals surface area contributed by atoms with Crippen molar-refractivity contribution in [3.8, 4) is 0 Å². The molecule has 1 aliphatic heterocycles. The Kier molecular flexibility index (Phi) is 5.17. The number of nitrogens with two attached hydrogens (primary N) is 1. The van der Waals surface area contributed by atoms with Gasteiger partial charge in [-0.3, -0.25) is 4.79 Å². The maximum absolute atomic E-state index is 14.4. The SMILES string of the molecule is CCNCc1ccc(N2CC(C(N)=O)CCC2C)c(F)c1. The van der Waals surface area contributed by atoms with Gasteiger partial charge in [0.2, 0.25) is 5.91 Å². The third-order valence-electron chi connectivity index (χ3n) is 4.19. The Bertz CT molecular complexity index is 506. The van der Waals surface area contributed by atoms with Crippen LogP contribution in [-0.4, -0.2) is 25.0 Å². The van der Waals surface area contributed by atoms with Crippen molar-refractivity contribution in [3.05, 3.63) is 29.6 Å². The molecule has 0 saturated carbocycles. The molecule has 0 aromatic heterocycles. The van der Waals surface area contributed by atoms with E-state index in [2.05, 4.69) is 12.2 Å². The number of nitrogens with one attached hydrogen (secondary N) is 1. The highest BCUT2D eigenvalue weighted by Gasteiger charge is 2.30. The standard InChI is InChI=1S/C16H24FN3O/c1-3-19-9-12-5-7-15(14(17)8-12)20-10-13(16(18)21)6-4-11(20)2/h5,7-8,11,13,19H,3-4,6,9-10H2,1-2H3,(H2,18,21). The maximum atomic E-state index is 14.4. The first-order chi connectivity index (χ1) is 10.0. The van der Waals surface area contributed by atoms with Crippen molar-refractivity contribution in [3.63, 3.8) is 0 Å². The van der Waals surface area contributed by atoms with Gasteiger partial charge in [-0.25, -0.2) is 4.39 Å². The molecule has 1 aromatic rings. The van der Waals surface area contributed by atoms with Crippen LogP contribution in [-0.2, 0) is 11.3 Å². The average molecular weight is 293 g/mol. The van der Waals surface area contributed by atoms with Crippen LogP contribution in [0.2, 0.25) is 0 Å². The predicted octanol–water partition coefficient (Wildman–Crippen LogP) is 2.03. The van der Waals surface area contributed by atoms with Gasteiger partial charge in [0.25, 0.3) is 0 Å². The van der Waals surface area contributed by atoms with E-state index in [9.17, 15) is 9.18 Å². The summed E-state index contributed by atoms with van der Waals surface area (Å²) in [5.74, 6) is -0.722. The number of hydrogen-bond donors (Lipinski definition) is 2. The zero-order valence-corrected chi connectivity index (χ0v) is 12.7. The first-order valence-electron chi connectivity index (χ1n) is 7.58. The Morgan fingerprint density at radius 2 is 2.24 bits per heavy atom. The van der Waals surface area contributed by atoms with Crippen LogP contribution in [0, 0.1) is 11.7 Å². The van der Waals surface area contributed by atoms with Crippen LogP contribution in [0.3, 0.4) is 0 Å². The van der Waals surface area contributed by atoms with Crippen molar-refractivity contribution in [2.75, 3.05) is 18.0 Å². The fraction of sp³-hybridized carbons (Fsp3) is 0.562. The molecule has 5 heteroatoms. The summed E-state index contributed by atoms with van der Waals surface area (Å²) in [4.78, 5) is 13.4. The predicted molar refractivity (Wildman–Crippen MR) is 82.5 cm³/mol. The molecule has 1 heterocycles. The minimum Gasteiger partial charge on any atom is -0.369 e. The molecular formula is C16H24FN3O. The Labute approximate surface area is 125 Å². The summed E-state index contributed by atoms with van der Waals surface area (Å²) in [6.07, 6.45) is 1.64. The van der Waals surface area contributed by atoms with Crippen molar-refractivity contribution >= 4 is 11.6 Å². The highest BCUT2D eigenvalue weighted by molar-refractivity contribution is 5.77. The Balaban J connectivity index is 2.17. The van der Waals surface area contributed by atoms with E-state index in [-0.39, 0.29) is 23.7 Å². The minimum absolute atomic E-state index is 0.193. The third kappa shape index (κ3) is 3.73. The number of carbonyl (C=O) groups excluding carboxylic acids is 1. The fourth-order valence-electron chi connectivity index (χ4n) is 2.84. The molecule has 2 unspecified atom stereocenters. The van der Waals surface area contributed by atoms with Gasteiger partial charge in [0.05, 0.1) is 11.6 Å². The molecule has 21 heavy (non-hydrogen) atoms. The molecule has 1 amide bonds. The lowest BCUT2D eigenvalue weighted by molar-refractivity contribution is -0.122. The third-order valence-corrected chi connectivity index (χ3v) is 4.19. The van der Waals surface area contributed by atoms with Crippen LogP contribution in [0.15, 0.2) is 18.2 Å². The monoisotopic (exact) mass is 293 g/mol. The van der Waals surface area contributed by atoms with Gasteiger partial charge in [0.15, 0.2) is 0 Å². The molecule has 116 valence electrons. The molecule has 1 aliphatic rings. The first kappa shape index (κ1) is 15.8. The first-order valence-corrected chi connectivity index (χ1v) is 7.58. The average Bonchev–Trinajstić information content (AvgIpc) is 2.46. The summed E-state index contributed by atoms with van der Waals surface area (Å²) in [7, 11) is 0. The molecule has 0 bridgehead atoms. The van der Waals surface area contributed by atoms with Crippen molar-refractivity contribution < 1.29 is 9.18 Å². The molecule has 2 atom stereocenters. The summed E-state index contributed by atoms with van der Waals surface area (Å²) in [6, 6.07) is 5.53. The van der Waals surface area contributed by atoms with Crippen molar-refractivity contribution in [1.82, 2.24) is 5.32 Å². The van der Waals surface area contributed by atoms with Gasteiger partial charge in [-0.15, -0.1) is 0 Å². The second kappa shape index (κ2) is 6.89. The molecule has 1 fully saturated rings. The minimum atomic E-state index is -0.295. The number of amides is 1. The molecule has 0 aliphatic carbocycles. The topological polar surface area (TPSA) is 58.4 Å². The molecule has 4 nitrogen and oxygen atoms in total. The van der Waals surface area contributed by atoms with E-state index in [1.165, 1.54) is 0 Å². The second-order valence-corrected chi connectivity index (χ2v) is 5.74. The van der Waals surface area contributed by atoms with E-state index < -0.39 is 0 Å². The van der Waals surface area contributed by atoms with Crippen molar-refractivity contribution in [2.45, 2.75) is 39.3 Å². The van der Waals surface area contributed by atoms with E-state index in [1.807, 2.05) is 24.0 Å². The number of benzene rings is 1. The van der Waals surface area contributed by atoms with Crippen LogP contribution in [0.25, 0.3) is 0 Å². The van der Waals surface area contributed by atoms with Crippen LogP contribution in [0.4, 0.5) is 10.1 Å². The Morgan fingerprint density at radius 1 is 1.48 bits per heavy atom. The number of anilines is 1. The molecule has 3 N–H and O–H groups in total. The smallest absolute Gasteiger partial charge is 0.222 e. The van der Waals surface area contributed by atoms with E-state index in [0.29, 0.717) is 18.8 Å². The van der Waals surface area contributed by atoms with Gasteiger partial charge >= 0.3 is 0 Å². The molecule has 0 spiro atoms. The highest BCUT2D eigenvalue weighted by atomic mass is 19.1. The summed E-state index contributed by atoms with van der Waals surface area (Å²) >= 11 is 0. The van der Waals surface area contributed by atoms with Crippen LogP contribution in [0.5, 0.6) is 0 Å². The lowest BCUT2D eigenvalue weighted by Gasteiger charge is -2.38. The molecule has 1 saturated heterocycles. The summed E-state index contributed by atoms with van der Waals surface area (Å²) in [5, 5.41) is 3.18. The Hall–Kier alpha value is -1.62. The zero-order chi connectivity index (χ0) is 15.4. The summed E-state index contributed by atoms with van der Waals surface area (Å²) in [5.41, 5.74) is 6.89. The van der Waals surface area contributed by atoms with Gasteiger partial charge in [0.1, 0.15) is 5.82 Å². The van der Waals surface area contributed by atoms with Crippen molar-refractivity contribution in [1.29, 1.82) is 0 Å². The number of nitrogens with zero attached hydrogens (tertiary/aromatic N) is 1. The van der Waals surface area contributed by atoms with Gasteiger partial charge in [0, 0.05) is 19.1 Å². The van der Waals surface area contributed by atoms with Crippen LogP contribution >= 0.6 is 0 Å². The van der Waals surface area contributed by atoms with Crippen molar-refractivity contribution in [2.24, 2.45) is 11.7 Å². The van der Waals surface area contributed by atoms with Crippen LogP contribution < -0.4 is 16.0 Å². The van der Waals surface area contributed by atoms with Gasteiger partial charge < -0.3 is 16.0 Å². The van der Waals surface area contributed by atoms with Crippen LogP contribution in [0.1, 0.15) is 32.3 Å². The lowest BCUT2D eigenvalue weighted by Crippen LogP contribution is -2.46. The highest BCUT2D eigenvalue weighted by Crippen LogP contribution is 2.30. The van der Waals surface area contributed by atoms with E-state index in [1.54, 1.807) is 6.07 Å². The van der Waals surface area contributed by atoms with Gasteiger partial charge in [-0.1, -0.05) is 13.0 Å². The van der Waals surface area contributed by atoms with Gasteiger partial charge in [-0.2, -0.15) is 0 Å².